The van der Waals surface area contributed by atoms with Gasteiger partial charge in [-0.3, -0.25) is 14.5 Å². The maximum Gasteiger partial charge on any atom is 0.274 e. The van der Waals surface area contributed by atoms with Gasteiger partial charge < -0.3 is 20.3 Å². The predicted octanol–water partition coefficient (Wildman–Crippen LogP) is 3.76. The van der Waals surface area contributed by atoms with E-state index in [1.807, 2.05) is 6.07 Å². The number of halogens is 3. The van der Waals surface area contributed by atoms with E-state index in [4.69, 9.17) is 16.3 Å². The highest BCUT2D eigenvalue weighted by Gasteiger charge is 2.47. The number of carbonyl (C=O) groups excluding carboxylic acids is 2. The van der Waals surface area contributed by atoms with E-state index in [0.717, 1.165) is 5.56 Å². The molecule has 1 aromatic carbocycles. The third-order valence-corrected chi connectivity index (χ3v) is 9.03. The first kappa shape index (κ1) is 30.1. The molecule has 0 radical (unpaired) electrons. The van der Waals surface area contributed by atoms with Gasteiger partial charge in [0, 0.05) is 61.3 Å². The molecule has 46 heavy (non-hydrogen) atoms. The Morgan fingerprint density at radius 2 is 1.96 bits per heavy atom. The lowest BCUT2D eigenvalue weighted by Gasteiger charge is -2.43. The summed E-state index contributed by atoms with van der Waals surface area (Å²) in [6, 6.07) is 11.0. The molecule has 3 aliphatic rings. The molecule has 2 fully saturated rings. The number of benzene rings is 1. The fourth-order valence-electron chi connectivity index (χ4n) is 6.29. The summed E-state index contributed by atoms with van der Waals surface area (Å²) in [7, 11) is 0. The molecular weight excluding hydrogens is 618 g/mol. The van der Waals surface area contributed by atoms with Crippen molar-refractivity contribution in [1.82, 2.24) is 30.4 Å². The molecular formula is C32H29ClF2N8O3. The second-order valence-electron chi connectivity index (χ2n) is 11.7. The van der Waals surface area contributed by atoms with Gasteiger partial charge in [0.15, 0.2) is 17.3 Å². The SMILES string of the molecule is C[C@]1(c2cccc(Cl)c2F)CN(c2ccc([C@H]3COCCN3)cn2)C(=O)c2cnc(NC3CN(C(=O)c4cccnn4)C3)c(F)c21. The summed E-state index contributed by atoms with van der Waals surface area (Å²) in [5.74, 6) is -2.06. The average Bonchev–Trinajstić information content (AvgIpc) is 3.06. The third kappa shape index (κ3) is 5.23. The molecule has 4 aromatic rings. The van der Waals surface area contributed by atoms with E-state index in [1.54, 1.807) is 48.4 Å². The van der Waals surface area contributed by atoms with Gasteiger partial charge in [-0.1, -0.05) is 29.8 Å². The lowest BCUT2D eigenvalue weighted by atomic mass is 9.71. The minimum Gasteiger partial charge on any atom is -0.378 e. The van der Waals surface area contributed by atoms with Crippen molar-refractivity contribution < 1.29 is 23.1 Å². The number of nitrogens with zero attached hydrogens (tertiary/aromatic N) is 6. The summed E-state index contributed by atoms with van der Waals surface area (Å²) in [5.41, 5.74) is -0.163. The minimum atomic E-state index is -1.38. The predicted molar refractivity (Wildman–Crippen MR) is 165 cm³/mol. The largest absolute Gasteiger partial charge is 0.378 e. The molecule has 0 aliphatic carbocycles. The molecule has 236 valence electrons. The van der Waals surface area contributed by atoms with Crippen molar-refractivity contribution >= 4 is 35.1 Å². The Morgan fingerprint density at radius 1 is 1.11 bits per heavy atom. The molecule has 3 aromatic heterocycles. The number of carbonyl (C=O) groups is 2. The molecule has 3 aliphatic heterocycles. The summed E-state index contributed by atoms with van der Waals surface area (Å²) >= 11 is 6.20. The summed E-state index contributed by atoms with van der Waals surface area (Å²) in [5, 5.41) is 13.9. The Bertz CT molecular complexity index is 1800. The van der Waals surface area contributed by atoms with Crippen molar-refractivity contribution in [2.75, 3.05) is 49.6 Å². The molecule has 6 heterocycles. The van der Waals surface area contributed by atoms with Crippen LogP contribution < -0.4 is 15.5 Å². The number of aromatic nitrogens is 4. The van der Waals surface area contributed by atoms with Crippen LogP contribution in [0.25, 0.3) is 0 Å². The van der Waals surface area contributed by atoms with Gasteiger partial charge >= 0.3 is 0 Å². The van der Waals surface area contributed by atoms with E-state index in [0.29, 0.717) is 25.6 Å². The Balaban J connectivity index is 1.21. The first-order valence-electron chi connectivity index (χ1n) is 14.8. The number of anilines is 2. The number of morpholine rings is 1. The summed E-state index contributed by atoms with van der Waals surface area (Å²) in [4.78, 5) is 38.4. The van der Waals surface area contributed by atoms with Crippen LogP contribution in [0.4, 0.5) is 20.4 Å². The zero-order valence-corrected chi connectivity index (χ0v) is 25.5. The van der Waals surface area contributed by atoms with Gasteiger partial charge in [-0.25, -0.2) is 18.7 Å². The van der Waals surface area contributed by atoms with Gasteiger partial charge in [0.05, 0.1) is 35.9 Å². The van der Waals surface area contributed by atoms with E-state index in [2.05, 4.69) is 30.8 Å². The third-order valence-electron chi connectivity index (χ3n) is 8.74. The second kappa shape index (κ2) is 12.0. The molecule has 7 rings (SSSR count). The van der Waals surface area contributed by atoms with Crippen molar-refractivity contribution in [2.24, 2.45) is 0 Å². The number of rotatable bonds is 6. The number of hydrogen-bond donors (Lipinski definition) is 2. The molecule has 11 nitrogen and oxygen atoms in total. The van der Waals surface area contributed by atoms with Gasteiger partial charge in [0.25, 0.3) is 11.8 Å². The highest BCUT2D eigenvalue weighted by atomic mass is 35.5. The number of amides is 2. The highest BCUT2D eigenvalue weighted by molar-refractivity contribution is 6.30. The Kier molecular flexibility index (Phi) is 7.83. The Morgan fingerprint density at radius 3 is 2.67 bits per heavy atom. The first-order chi connectivity index (χ1) is 22.2. The standard InChI is InChI=1S/C32H29ClF2N8O3/c1-32(21-4-2-5-22(33)27(21)34)17-43(25-8-7-18(12-37-25)24-16-46-11-10-36-24)30(44)20-13-38-29(28(35)26(20)32)40-19-14-42(15-19)31(45)23-6-3-9-39-41-23/h2-9,12-13,19,24,36H,10-11,14-17H2,1H3,(H,38,40)/t24-,32-/m1/s1. The molecule has 0 spiro atoms. The molecule has 0 bridgehead atoms. The lowest BCUT2D eigenvalue weighted by molar-refractivity contribution is 0.0617. The Hall–Kier alpha value is -4.59. The first-order valence-corrected chi connectivity index (χ1v) is 15.2. The molecule has 2 N–H and O–H groups in total. The van der Waals surface area contributed by atoms with Crippen molar-refractivity contribution in [3.05, 3.63) is 106 Å². The summed E-state index contributed by atoms with van der Waals surface area (Å²) in [6.45, 7) is 3.98. The van der Waals surface area contributed by atoms with E-state index in [-0.39, 0.29) is 70.8 Å². The van der Waals surface area contributed by atoms with Crippen molar-refractivity contribution in [2.45, 2.75) is 24.4 Å². The van der Waals surface area contributed by atoms with Gasteiger partial charge in [0.2, 0.25) is 0 Å². The molecule has 2 saturated heterocycles. The lowest BCUT2D eigenvalue weighted by Crippen LogP contribution is -2.57. The second-order valence-corrected chi connectivity index (χ2v) is 12.1. The van der Waals surface area contributed by atoms with Crippen LogP contribution >= 0.6 is 11.6 Å². The number of likely N-dealkylation sites (tertiary alicyclic amines) is 1. The zero-order chi connectivity index (χ0) is 32.0. The van der Waals surface area contributed by atoms with Crippen molar-refractivity contribution in [1.29, 1.82) is 0 Å². The minimum absolute atomic E-state index is 0.000549. The number of fused-ring (bicyclic) bond motifs is 1. The van der Waals surface area contributed by atoms with E-state index >= 15 is 8.78 Å². The number of pyridine rings is 2. The number of nitrogens with one attached hydrogen (secondary N) is 2. The van der Waals surface area contributed by atoms with Crippen LogP contribution in [0.5, 0.6) is 0 Å². The fourth-order valence-corrected chi connectivity index (χ4v) is 6.46. The van der Waals surface area contributed by atoms with Crippen molar-refractivity contribution in [3.63, 3.8) is 0 Å². The maximum atomic E-state index is 16.6. The monoisotopic (exact) mass is 646 g/mol. The van der Waals surface area contributed by atoms with Crippen LogP contribution in [-0.2, 0) is 10.2 Å². The molecule has 14 heteroatoms. The van der Waals surface area contributed by atoms with Crippen LogP contribution in [-0.4, -0.2) is 82.3 Å². The van der Waals surface area contributed by atoms with E-state index in [1.165, 1.54) is 23.4 Å². The maximum absolute atomic E-state index is 16.6. The highest BCUT2D eigenvalue weighted by Crippen LogP contribution is 2.44. The van der Waals surface area contributed by atoms with Gasteiger partial charge in [-0.2, -0.15) is 5.10 Å². The smallest absolute Gasteiger partial charge is 0.274 e. The normalized spacial score (nSPS) is 21.5. The molecule has 0 saturated carbocycles. The average molecular weight is 647 g/mol. The van der Waals surface area contributed by atoms with Gasteiger partial charge in [-0.05, 0) is 36.8 Å². The number of ether oxygens (including phenoxy) is 1. The summed E-state index contributed by atoms with van der Waals surface area (Å²) < 4.78 is 37.8. The molecule has 0 unspecified atom stereocenters. The summed E-state index contributed by atoms with van der Waals surface area (Å²) in [6.07, 6.45) is 4.45. The Labute approximate surface area is 268 Å². The van der Waals surface area contributed by atoms with Crippen LogP contribution in [0.2, 0.25) is 5.02 Å². The fraction of sp³-hybridized carbons (Fsp3) is 0.312. The van der Waals surface area contributed by atoms with Crippen molar-refractivity contribution in [3.8, 4) is 0 Å². The molecule has 2 atom stereocenters. The van der Waals surface area contributed by atoms with Crippen LogP contribution in [0.15, 0.2) is 61.1 Å². The van der Waals surface area contributed by atoms with Gasteiger partial charge in [-0.15, -0.1) is 5.10 Å². The van der Waals surface area contributed by atoms with E-state index < -0.39 is 23.0 Å². The van der Waals surface area contributed by atoms with E-state index in [9.17, 15) is 9.59 Å². The molecule has 2 amide bonds. The van der Waals surface area contributed by atoms with Gasteiger partial charge in [0.1, 0.15) is 11.6 Å². The van der Waals surface area contributed by atoms with Crippen LogP contribution in [0.3, 0.4) is 0 Å². The van der Waals surface area contributed by atoms with Crippen LogP contribution in [0, 0.1) is 11.6 Å². The quantitative estimate of drug-likeness (QED) is 0.322. The van der Waals surface area contributed by atoms with Crippen LogP contribution in [0.1, 0.15) is 50.5 Å². The number of hydrogen-bond acceptors (Lipinski definition) is 9. The zero-order valence-electron chi connectivity index (χ0n) is 24.7. The topological polar surface area (TPSA) is 125 Å².